The van der Waals surface area contributed by atoms with Crippen molar-refractivity contribution in [3.05, 3.63) is 75.5 Å². The van der Waals surface area contributed by atoms with Crippen LogP contribution in [0.2, 0.25) is 10.0 Å². The van der Waals surface area contributed by atoms with Crippen molar-refractivity contribution in [2.75, 3.05) is 5.32 Å². The molecule has 9 heteroatoms. The number of thiazole rings is 1. The van der Waals surface area contributed by atoms with Crippen molar-refractivity contribution in [3.8, 4) is 17.1 Å². The van der Waals surface area contributed by atoms with Crippen LogP contribution in [0.25, 0.3) is 17.1 Å². The maximum Gasteiger partial charge on any atom is 0.260 e. The van der Waals surface area contributed by atoms with Crippen LogP contribution in [-0.4, -0.2) is 25.7 Å². The van der Waals surface area contributed by atoms with E-state index in [1.165, 1.54) is 17.5 Å². The second-order valence-corrected chi connectivity index (χ2v) is 7.56. The van der Waals surface area contributed by atoms with E-state index in [0.717, 1.165) is 0 Å². The average Bonchev–Trinajstić information content (AvgIpc) is 3.31. The number of hydrogen-bond acceptors (Lipinski definition) is 5. The topological polar surface area (TPSA) is 72.7 Å². The molecular formula is C19H13Cl2N5OS. The Bertz CT molecular complexity index is 1160. The van der Waals surface area contributed by atoms with Gasteiger partial charge in [0.25, 0.3) is 5.91 Å². The first-order valence-electron chi connectivity index (χ1n) is 8.21. The summed E-state index contributed by atoms with van der Waals surface area (Å²) in [5.74, 6) is 0.351. The van der Waals surface area contributed by atoms with E-state index in [1.807, 2.05) is 30.5 Å². The van der Waals surface area contributed by atoms with E-state index >= 15 is 0 Å². The standard InChI is InChI=1S/C19H13Cl2N5OS/c1-11-14(9-23-26(11)17-4-2-3-7-22-17)18(27)25-19-24-16(10-28-19)13-8-12(20)5-6-15(13)21/h2-10H,1H3,(H,24,25,27). The largest absolute Gasteiger partial charge is 0.298 e. The molecule has 0 unspecified atom stereocenters. The average molecular weight is 430 g/mol. The number of benzene rings is 1. The summed E-state index contributed by atoms with van der Waals surface area (Å²) in [6, 6.07) is 10.7. The zero-order chi connectivity index (χ0) is 19.7. The Morgan fingerprint density at radius 3 is 2.86 bits per heavy atom. The molecule has 0 aliphatic rings. The fraction of sp³-hybridized carbons (Fsp3) is 0.0526. The number of nitrogens with zero attached hydrogens (tertiary/aromatic N) is 4. The van der Waals surface area contributed by atoms with Crippen LogP contribution in [0.5, 0.6) is 0 Å². The Hall–Kier alpha value is -2.74. The number of rotatable bonds is 4. The van der Waals surface area contributed by atoms with Crippen molar-refractivity contribution < 1.29 is 4.79 Å². The van der Waals surface area contributed by atoms with Gasteiger partial charge in [-0.25, -0.2) is 14.6 Å². The first-order chi connectivity index (χ1) is 13.5. The van der Waals surface area contributed by atoms with E-state index in [0.29, 0.717) is 43.5 Å². The Kier molecular flexibility index (Phi) is 5.13. The highest BCUT2D eigenvalue weighted by atomic mass is 35.5. The maximum atomic E-state index is 12.7. The first-order valence-corrected chi connectivity index (χ1v) is 9.85. The summed E-state index contributed by atoms with van der Waals surface area (Å²) in [4.78, 5) is 21.4. The monoisotopic (exact) mass is 429 g/mol. The molecule has 0 fully saturated rings. The second-order valence-electron chi connectivity index (χ2n) is 5.86. The molecule has 4 rings (SSSR count). The number of nitrogens with one attached hydrogen (secondary N) is 1. The fourth-order valence-electron chi connectivity index (χ4n) is 2.66. The van der Waals surface area contributed by atoms with Gasteiger partial charge in [0, 0.05) is 22.2 Å². The van der Waals surface area contributed by atoms with Gasteiger partial charge in [-0.2, -0.15) is 5.10 Å². The van der Waals surface area contributed by atoms with Crippen molar-refractivity contribution in [2.24, 2.45) is 0 Å². The molecule has 0 saturated heterocycles. The number of hydrogen-bond donors (Lipinski definition) is 1. The van der Waals surface area contributed by atoms with Gasteiger partial charge in [-0.05, 0) is 37.3 Å². The van der Waals surface area contributed by atoms with Gasteiger partial charge < -0.3 is 0 Å². The molecule has 140 valence electrons. The molecule has 1 amide bonds. The summed E-state index contributed by atoms with van der Waals surface area (Å²) in [5, 5.41) is 10.5. The molecule has 1 N–H and O–H groups in total. The van der Waals surface area contributed by atoms with Crippen molar-refractivity contribution in [1.29, 1.82) is 0 Å². The Morgan fingerprint density at radius 2 is 2.07 bits per heavy atom. The van der Waals surface area contributed by atoms with E-state index in [4.69, 9.17) is 23.2 Å². The van der Waals surface area contributed by atoms with Crippen LogP contribution in [0.15, 0.2) is 54.2 Å². The SMILES string of the molecule is Cc1c(C(=O)Nc2nc(-c3cc(Cl)ccc3Cl)cs2)cnn1-c1ccccn1. The van der Waals surface area contributed by atoms with Crippen LogP contribution in [-0.2, 0) is 0 Å². The normalized spacial score (nSPS) is 10.8. The third kappa shape index (κ3) is 3.64. The number of pyridine rings is 1. The number of amides is 1. The van der Waals surface area contributed by atoms with Gasteiger partial charge in [0.2, 0.25) is 0 Å². The number of anilines is 1. The smallest absolute Gasteiger partial charge is 0.260 e. The Balaban J connectivity index is 1.56. The lowest BCUT2D eigenvalue weighted by molar-refractivity contribution is 0.102. The lowest BCUT2D eigenvalue weighted by Crippen LogP contribution is -2.13. The van der Waals surface area contributed by atoms with Crippen LogP contribution < -0.4 is 5.32 Å². The lowest BCUT2D eigenvalue weighted by Gasteiger charge is -2.04. The summed E-state index contributed by atoms with van der Waals surface area (Å²) in [6.07, 6.45) is 3.19. The third-order valence-corrected chi connectivity index (χ3v) is 5.37. The van der Waals surface area contributed by atoms with Gasteiger partial charge in [-0.3, -0.25) is 10.1 Å². The van der Waals surface area contributed by atoms with Crippen LogP contribution in [0.1, 0.15) is 16.1 Å². The van der Waals surface area contributed by atoms with E-state index in [2.05, 4.69) is 20.4 Å². The fourth-order valence-corrected chi connectivity index (χ4v) is 3.75. The molecule has 0 radical (unpaired) electrons. The maximum absolute atomic E-state index is 12.7. The van der Waals surface area contributed by atoms with Gasteiger partial charge in [-0.1, -0.05) is 29.3 Å². The summed E-state index contributed by atoms with van der Waals surface area (Å²) < 4.78 is 1.62. The molecule has 4 aromatic rings. The highest BCUT2D eigenvalue weighted by Gasteiger charge is 2.17. The molecule has 0 spiro atoms. The van der Waals surface area contributed by atoms with Gasteiger partial charge in [0.05, 0.1) is 28.2 Å². The molecular weight excluding hydrogens is 417 g/mol. The van der Waals surface area contributed by atoms with E-state index < -0.39 is 0 Å². The molecule has 1 aromatic carbocycles. The van der Waals surface area contributed by atoms with Crippen LogP contribution in [0, 0.1) is 6.92 Å². The van der Waals surface area contributed by atoms with Gasteiger partial charge in [0.1, 0.15) is 0 Å². The summed E-state index contributed by atoms with van der Waals surface area (Å²) in [7, 11) is 0. The summed E-state index contributed by atoms with van der Waals surface area (Å²) in [6.45, 7) is 1.82. The predicted molar refractivity (Wildman–Crippen MR) is 112 cm³/mol. The number of halogens is 2. The molecule has 6 nitrogen and oxygen atoms in total. The number of aromatic nitrogens is 4. The number of carbonyl (C=O) groups excluding carboxylic acids is 1. The highest BCUT2D eigenvalue weighted by Crippen LogP contribution is 2.32. The first kappa shape index (κ1) is 18.6. The lowest BCUT2D eigenvalue weighted by atomic mass is 10.2. The molecule has 3 aromatic heterocycles. The van der Waals surface area contributed by atoms with Crippen molar-refractivity contribution >= 4 is 45.6 Å². The van der Waals surface area contributed by atoms with Crippen LogP contribution >= 0.6 is 34.5 Å². The Labute approximate surface area is 174 Å². The molecule has 3 heterocycles. The van der Waals surface area contributed by atoms with E-state index in [9.17, 15) is 4.79 Å². The zero-order valence-electron chi connectivity index (χ0n) is 14.6. The summed E-state index contributed by atoms with van der Waals surface area (Å²) in [5.41, 5.74) is 2.49. The molecule has 0 aliphatic heterocycles. The van der Waals surface area contributed by atoms with Crippen LogP contribution in [0.3, 0.4) is 0 Å². The molecule has 28 heavy (non-hydrogen) atoms. The molecule has 0 bridgehead atoms. The number of carbonyl (C=O) groups is 1. The summed E-state index contributed by atoms with van der Waals surface area (Å²) >= 11 is 13.6. The molecule has 0 aliphatic carbocycles. The minimum Gasteiger partial charge on any atom is -0.298 e. The molecule has 0 atom stereocenters. The van der Waals surface area contributed by atoms with Gasteiger partial charge in [-0.15, -0.1) is 11.3 Å². The predicted octanol–water partition coefficient (Wildman–Crippen LogP) is 5.26. The third-order valence-electron chi connectivity index (χ3n) is 4.05. The van der Waals surface area contributed by atoms with Crippen molar-refractivity contribution in [2.45, 2.75) is 6.92 Å². The van der Waals surface area contributed by atoms with E-state index in [1.54, 1.807) is 29.1 Å². The van der Waals surface area contributed by atoms with Crippen LogP contribution in [0.4, 0.5) is 5.13 Å². The Morgan fingerprint density at radius 1 is 1.21 bits per heavy atom. The minimum atomic E-state index is -0.294. The molecule has 0 saturated carbocycles. The van der Waals surface area contributed by atoms with Gasteiger partial charge >= 0.3 is 0 Å². The quantitative estimate of drug-likeness (QED) is 0.480. The zero-order valence-corrected chi connectivity index (χ0v) is 16.9. The van der Waals surface area contributed by atoms with Gasteiger partial charge in [0.15, 0.2) is 10.9 Å². The van der Waals surface area contributed by atoms with Crippen molar-refractivity contribution in [1.82, 2.24) is 19.7 Å². The minimum absolute atomic E-state index is 0.294. The second kappa shape index (κ2) is 7.71. The van der Waals surface area contributed by atoms with Crippen molar-refractivity contribution in [3.63, 3.8) is 0 Å². The van der Waals surface area contributed by atoms with E-state index in [-0.39, 0.29) is 5.91 Å². The highest BCUT2D eigenvalue weighted by molar-refractivity contribution is 7.14.